The Balaban J connectivity index is 1.72. The lowest BCUT2D eigenvalue weighted by Gasteiger charge is -2.60. The van der Waals surface area contributed by atoms with Crippen LogP contribution < -0.4 is 0 Å². The maximum atomic E-state index is 10.8. The Labute approximate surface area is 127 Å². The van der Waals surface area contributed by atoms with E-state index in [-0.39, 0.29) is 16.0 Å². The number of non-ortho nitro benzene ring substituents is 1. The number of nitro benzene ring substituents is 1. The van der Waals surface area contributed by atoms with Crippen molar-refractivity contribution in [2.24, 2.45) is 11.8 Å². The largest absolute Gasteiger partial charge is 0.269 e. The molecule has 2 atom stereocenters. The number of hydrogen-bond donors (Lipinski definition) is 0. The van der Waals surface area contributed by atoms with Crippen LogP contribution >= 0.6 is 15.9 Å². The molecule has 4 aliphatic carbocycles. The quantitative estimate of drug-likeness (QED) is 0.451. The summed E-state index contributed by atoms with van der Waals surface area (Å²) in [5, 5.41) is 10.8. The lowest BCUT2D eigenvalue weighted by Crippen LogP contribution is -2.54. The molecule has 0 heterocycles. The van der Waals surface area contributed by atoms with Crippen LogP contribution in [-0.2, 0) is 5.41 Å². The van der Waals surface area contributed by atoms with E-state index < -0.39 is 0 Å². The average molecular weight is 336 g/mol. The number of rotatable bonds is 2. The Hall–Kier alpha value is -0.900. The van der Waals surface area contributed by atoms with Gasteiger partial charge in [-0.3, -0.25) is 10.1 Å². The highest BCUT2D eigenvalue weighted by Gasteiger charge is 2.57. The normalized spacial score (nSPS) is 41.9. The van der Waals surface area contributed by atoms with E-state index in [1.54, 1.807) is 12.1 Å². The second-order valence-corrected chi connectivity index (χ2v) is 8.88. The molecule has 0 radical (unpaired) electrons. The van der Waals surface area contributed by atoms with Crippen molar-refractivity contribution in [3.05, 3.63) is 39.9 Å². The summed E-state index contributed by atoms with van der Waals surface area (Å²) in [5.74, 6) is 1.68. The molecule has 0 aromatic heterocycles. The molecule has 4 bridgehead atoms. The van der Waals surface area contributed by atoms with E-state index in [9.17, 15) is 10.1 Å². The molecule has 3 nitrogen and oxygen atoms in total. The first kappa shape index (κ1) is 12.8. The van der Waals surface area contributed by atoms with E-state index in [1.807, 2.05) is 12.1 Å². The molecule has 20 heavy (non-hydrogen) atoms. The van der Waals surface area contributed by atoms with E-state index in [1.165, 1.54) is 44.1 Å². The third kappa shape index (κ3) is 1.84. The van der Waals surface area contributed by atoms with Gasteiger partial charge in [0, 0.05) is 16.5 Å². The zero-order valence-electron chi connectivity index (χ0n) is 11.3. The van der Waals surface area contributed by atoms with E-state index in [2.05, 4.69) is 15.9 Å². The van der Waals surface area contributed by atoms with Crippen molar-refractivity contribution in [3.8, 4) is 0 Å². The number of nitro groups is 1. The summed E-state index contributed by atoms with van der Waals surface area (Å²) in [4.78, 5) is 10.5. The summed E-state index contributed by atoms with van der Waals surface area (Å²) in [7, 11) is 0. The van der Waals surface area contributed by atoms with Crippen LogP contribution in [-0.4, -0.2) is 9.25 Å². The highest BCUT2D eigenvalue weighted by molar-refractivity contribution is 9.10. The fourth-order valence-corrected chi connectivity index (χ4v) is 6.88. The summed E-state index contributed by atoms with van der Waals surface area (Å²) in [6.45, 7) is 0. The average Bonchev–Trinajstić information content (AvgIpc) is 2.36. The van der Waals surface area contributed by atoms with Crippen LogP contribution in [0.2, 0.25) is 0 Å². The van der Waals surface area contributed by atoms with E-state index in [4.69, 9.17) is 0 Å². The second kappa shape index (κ2) is 4.06. The molecule has 106 valence electrons. The molecular formula is C16H18BrNO2. The highest BCUT2D eigenvalue weighted by atomic mass is 79.9. The molecule has 4 saturated carbocycles. The van der Waals surface area contributed by atoms with Crippen molar-refractivity contribution in [1.82, 2.24) is 0 Å². The highest BCUT2D eigenvalue weighted by Crippen LogP contribution is 2.64. The maximum absolute atomic E-state index is 10.8. The fourth-order valence-electron chi connectivity index (χ4n) is 5.43. The van der Waals surface area contributed by atoms with Gasteiger partial charge in [0.2, 0.25) is 0 Å². The summed E-state index contributed by atoms with van der Waals surface area (Å²) >= 11 is 4.02. The van der Waals surface area contributed by atoms with E-state index >= 15 is 0 Å². The molecule has 0 amide bonds. The van der Waals surface area contributed by atoms with Crippen LogP contribution in [0.25, 0.3) is 0 Å². The van der Waals surface area contributed by atoms with Crippen molar-refractivity contribution in [2.45, 2.75) is 48.3 Å². The fraction of sp³-hybridized carbons (Fsp3) is 0.625. The molecule has 0 spiro atoms. The predicted molar refractivity (Wildman–Crippen MR) is 81.1 cm³/mol. The number of halogens is 1. The van der Waals surface area contributed by atoms with Gasteiger partial charge in [0.1, 0.15) is 0 Å². The topological polar surface area (TPSA) is 43.1 Å². The van der Waals surface area contributed by atoms with Gasteiger partial charge >= 0.3 is 0 Å². The van der Waals surface area contributed by atoms with Crippen molar-refractivity contribution in [3.63, 3.8) is 0 Å². The molecule has 1 aromatic rings. The molecule has 4 fully saturated rings. The number of nitrogens with zero attached hydrogens (tertiary/aromatic N) is 1. The number of hydrogen-bond acceptors (Lipinski definition) is 2. The smallest absolute Gasteiger partial charge is 0.258 e. The SMILES string of the molecule is O=[N+]([O-])c1ccc(C23C[C@@H]4C[C@H](CC(Br)(C4)C2)C3)cc1. The summed E-state index contributed by atoms with van der Waals surface area (Å²) in [5.41, 5.74) is 1.79. The second-order valence-electron chi connectivity index (χ2n) is 7.20. The van der Waals surface area contributed by atoms with E-state index in [0.717, 1.165) is 11.8 Å². The molecular weight excluding hydrogens is 318 g/mol. The maximum Gasteiger partial charge on any atom is 0.269 e. The standard InChI is InChI=1S/C16H18BrNO2/c17-16-8-11-5-12(9-16)7-15(6-11,10-16)13-1-3-14(4-2-13)18(19)20/h1-4,11-12H,5-10H2/t11-,12-,15?,16?/m0/s1. The Morgan fingerprint density at radius 2 is 1.70 bits per heavy atom. The molecule has 1 aromatic carbocycles. The molecule has 0 unspecified atom stereocenters. The van der Waals surface area contributed by atoms with Gasteiger partial charge in [-0.15, -0.1) is 0 Å². The first-order chi connectivity index (χ1) is 9.48. The minimum Gasteiger partial charge on any atom is -0.258 e. The van der Waals surface area contributed by atoms with Gasteiger partial charge in [-0.2, -0.15) is 0 Å². The van der Waals surface area contributed by atoms with Crippen LogP contribution in [0.1, 0.15) is 44.1 Å². The molecule has 4 aliphatic rings. The summed E-state index contributed by atoms with van der Waals surface area (Å²) in [6.07, 6.45) is 7.77. The zero-order chi connectivity index (χ0) is 14.0. The van der Waals surface area contributed by atoms with Gasteiger partial charge in [0.25, 0.3) is 5.69 Å². The summed E-state index contributed by atoms with van der Waals surface area (Å²) < 4.78 is 0.332. The first-order valence-electron chi connectivity index (χ1n) is 7.42. The first-order valence-corrected chi connectivity index (χ1v) is 8.21. The molecule has 5 rings (SSSR count). The molecule has 4 heteroatoms. The van der Waals surface area contributed by atoms with Crippen molar-refractivity contribution in [2.75, 3.05) is 0 Å². The van der Waals surface area contributed by atoms with E-state index in [0.29, 0.717) is 4.32 Å². The van der Waals surface area contributed by atoms with Crippen LogP contribution in [0, 0.1) is 22.0 Å². The lowest BCUT2D eigenvalue weighted by atomic mass is 9.48. The third-order valence-corrected chi connectivity index (χ3v) is 6.61. The number of benzene rings is 1. The minimum absolute atomic E-state index is 0.201. The zero-order valence-corrected chi connectivity index (χ0v) is 12.9. The van der Waals surface area contributed by atoms with Crippen LogP contribution in [0.5, 0.6) is 0 Å². The van der Waals surface area contributed by atoms with Gasteiger partial charge in [-0.05, 0) is 61.3 Å². The third-order valence-electron chi connectivity index (χ3n) is 5.68. The lowest BCUT2D eigenvalue weighted by molar-refractivity contribution is -0.384. The molecule has 0 aliphatic heterocycles. The Bertz CT molecular complexity index is 554. The van der Waals surface area contributed by atoms with Crippen LogP contribution in [0.4, 0.5) is 5.69 Å². The van der Waals surface area contributed by atoms with Gasteiger partial charge in [0.15, 0.2) is 0 Å². The van der Waals surface area contributed by atoms with Crippen molar-refractivity contribution in [1.29, 1.82) is 0 Å². The predicted octanol–water partition coefficient (Wildman–Crippen LogP) is 4.58. The Morgan fingerprint density at radius 3 is 2.20 bits per heavy atom. The monoisotopic (exact) mass is 335 g/mol. The summed E-state index contributed by atoms with van der Waals surface area (Å²) in [6, 6.07) is 7.35. The Kier molecular flexibility index (Phi) is 2.60. The number of alkyl halides is 1. The van der Waals surface area contributed by atoms with Crippen LogP contribution in [0.3, 0.4) is 0 Å². The molecule has 0 N–H and O–H groups in total. The Morgan fingerprint density at radius 1 is 1.10 bits per heavy atom. The van der Waals surface area contributed by atoms with Gasteiger partial charge in [-0.1, -0.05) is 28.1 Å². The van der Waals surface area contributed by atoms with Crippen molar-refractivity contribution < 1.29 is 4.92 Å². The van der Waals surface area contributed by atoms with Crippen LogP contribution in [0.15, 0.2) is 24.3 Å². The van der Waals surface area contributed by atoms with Gasteiger partial charge < -0.3 is 0 Å². The van der Waals surface area contributed by atoms with Gasteiger partial charge in [0.05, 0.1) is 4.92 Å². The van der Waals surface area contributed by atoms with Crippen molar-refractivity contribution >= 4 is 21.6 Å². The minimum atomic E-state index is -0.310. The molecule has 0 saturated heterocycles. The van der Waals surface area contributed by atoms with Gasteiger partial charge in [-0.25, -0.2) is 0 Å².